The van der Waals surface area contributed by atoms with Crippen molar-refractivity contribution in [3.8, 4) is 5.75 Å². The third kappa shape index (κ3) is 3.52. The summed E-state index contributed by atoms with van der Waals surface area (Å²) in [6, 6.07) is 11.8. The molecular formula is C14H11FN2O2S. The number of carbonyl (C=O) groups is 1. The first-order chi connectivity index (χ1) is 9.56. The number of benzene rings is 2. The van der Waals surface area contributed by atoms with Gasteiger partial charge in [0.15, 0.2) is 5.11 Å². The fourth-order valence-corrected chi connectivity index (χ4v) is 1.73. The number of phenolic OH excluding ortho intramolecular Hbond substituents is 1. The van der Waals surface area contributed by atoms with Crippen molar-refractivity contribution in [2.45, 2.75) is 0 Å². The van der Waals surface area contributed by atoms with Gasteiger partial charge in [0.25, 0.3) is 5.91 Å². The van der Waals surface area contributed by atoms with Crippen LogP contribution >= 0.6 is 12.2 Å². The summed E-state index contributed by atoms with van der Waals surface area (Å²) in [6.45, 7) is 0. The zero-order valence-corrected chi connectivity index (χ0v) is 11.1. The fraction of sp³-hybridized carbons (Fsp3) is 0. The van der Waals surface area contributed by atoms with Crippen molar-refractivity contribution < 1.29 is 14.3 Å². The summed E-state index contributed by atoms with van der Waals surface area (Å²) in [6.07, 6.45) is 0. The number of anilines is 1. The molecule has 0 radical (unpaired) electrons. The topological polar surface area (TPSA) is 61.4 Å². The second-order valence-corrected chi connectivity index (χ2v) is 4.34. The molecule has 0 bridgehead atoms. The largest absolute Gasteiger partial charge is 0.508 e. The van der Waals surface area contributed by atoms with Crippen LogP contribution in [0.2, 0.25) is 0 Å². The molecule has 2 aromatic carbocycles. The van der Waals surface area contributed by atoms with Crippen LogP contribution in [-0.4, -0.2) is 16.1 Å². The number of phenols is 1. The molecule has 0 aliphatic heterocycles. The summed E-state index contributed by atoms with van der Waals surface area (Å²) in [5.74, 6) is -1.12. The Morgan fingerprint density at radius 1 is 1.10 bits per heavy atom. The molecule has 0 atom stereocenters. The minimum absolute atomic E-state index is 0.0453. The highest BCUT2D eigenvalue weighted by molar-refractivity contribution is 7.80. The molecule has 6 heteroatoms. The van der Waals surface area contributed by atoms with E-state index >= 15 is 0 Å². The minimum atomic E-state index is -0.626. The molecule has 0 spiro atoms. The van der Waals surface area contributed by atoms with Crippen LogP contribution in [0.15, 0.2) is 48.5 Å². The number of nitrogens with one attached hydrogen (secondary N) is 2. The van der Waals surface area contributed by atoms with E-state index in [2.05, 4.69) is 10.6 Å². The maximum absolute atomic E-state index is 13.4. The van der Waals surface area contributed by atoms with E-state index in [4.69, 9.17) is 17.3 Å². The van der Waals surface area contributed by atoms with Gasteiger partial charge in [0, 0.05) is 5.69 Å². The Labute approximate surface area is 120 Å². The van der Waals surface area contributed by atoms with Gasteiger partial charge in [-0.2, -0.15) is 0 Å². The summed E-state index contributed by atoms with van der Waals surface area (Å²) in [7, 11) is 0. The first-order valence-electron chi connectivity index (χ1n) is 5.72. The number of amides is 1. The van der Waals surface area contributed by atoms with Crippen LogP contribution in [-0.2, 0) is 0 Å². The molecule has 3 N–H and O–H groups in total. The van der Waals surface area contributed by atoms with E-state index in [0.29, 0.717) is 5.69 Å². The van der Waals surface area contributed by atoms with Gasteiger partial charge in [0.05, 0.1) is 5.56 Å². The molecule has 0 saturated carbocycles. The molecule has 0 saturated heterocycles. The monoisotopic (exact) mass is 290 g/mol. The van der Waals surface area contributed by atoms with Crippen LogP contribution in [0.4, 0.5) is 10.1 Å². The van der Waals surface area contributed by atoms with E-state index < -0.39 is 11.7 Å². The quantitative estimate of drug-likeness (QED) is 0.588. The van der Waals surface area contributed by atoms with Crippen molar-refractivity contribution >= 4 is 28.9 Å². The zero-order chi connectivity index (χ0) is 14.5. The predicted molar refractivity (Wildman–Crippen MR) is 78.2 cm³/mol. The Bertz CT molecular complexity index is 644. The number of rotatable bonds is 2. The second-order valence-electron chi connectivity index (χ2n) is 3.93. The summed E-state index contributed by atoms with van der Waals surface area (Å²) < 4.78 is 13.4. The van der Waals surface area contributed by atoms with Crippen LogP contribution in [0, 0.1) is 5.82 Å². The Kier molecular flexibility index (Phi) is 4.27. The lowest BCUT2D eigenvalue weighted by atomic mass is 10.2. The molecule has 102 valence electrons. The van der Waals surface area contributed by atoms with Crippen LogP contribution in [0.25, 0.3) is 0 Å². The van der Waals surface area contributed by atoms with Gasteiger partial charge < -0.3 is 10.4 Å². The van der Waals surface area contributed by atoms with E-state index in [0.717, 1.165) is 0 Å². The number of thiocarbonyl (C=S) groups is 1. The van der Waals surface area contributed by atoms with Gasteiger partial charge in [-0.05, 0) is 48.6 Å². The number of aromatic hydroxyl groups is 1. The van der Waals surface area contributed by atoms with Gasteiger partial charge in [-0.15, -0.1) is 0 Å². The van der Waals surface area contributed by atoms with Crippen molar-refractivity contribution in [2.24, 2.45) is 0 Å². The van der Waals surface area contributed by atoms with E-state index in [1.165, 1.54) is 30.3 Å². The Morgan fingerprint density at radius 2 is 1.75 bits per heavy atom. The average molecular weight is 290 g/mol. The third-order valence-corrected chi connectivity index (χ3v) is 2.67. The molecule has 2 aromatic rings. The average Bonchev–Trinajstić information content (AvgIpc) is 2.41. The normalized spacial score (nSPS) is 9.85. The first-order valence-corrected chi connectivity index (χ1v) is 6.13. The lowest BCUT2D eigenvalue weighted by Gasteiger charge is -2.09. The van der Waals surface area contributed by atoms with Crippen molar-refractivity contribution in [3.63, 3.8) is 0 Å². The molecule has 4 nitrogen and oxygen atoms in total. The van der Waals surface area contributed by atoms with Gasteiger partial charge in [-0.25, -0.2) is 4.39 Å². The molecular weight excluding hydrogens is 279 g/mol. The number of halogens is 1. The Morgan fingerprint density at radius 3 is 2.40 bits per heavy atom. The highest BCUT2D eigenvalue weighted by Gasteiger charge is 2.12. The van der Waals surface area contributed by atoms with Gasteiger partial charge in [-0.3, -0.25) is 10.1 Å². The van der Waals surface area contributed by atoms with Crippen LogP contribution < -0.4 is 10.6 Å². The number of hydrogen-bond acceptors (Lipinski definition) is 3. The molecule has 20 heavy (non-hydrogen) atoms. The van der Waals surface area contributed by atoms with E-state index in [1.54, 1.807) is 18.2 Å². The molecule has 0 aromatic heterocycles. The highest BCUT2D eigenvalue weighted by Crippen LogP contribution is 2.13. The summed E-state index contributed by atoms with van der Waals surface area (Å²) in [5.41, 5.74) is 0.518. The maximum Gasteiger partial charge on any atom is 0.260 e. The van der Waals surface area contributed by atoms with E-state index in [-0.39, 0.29) is 16.4 Å². The van der Waals surface area contributed by atoms with Crippen molar-refractivity contribution in [1.82, 2.24) is 5.32 Å². The first kappa shape index (κ1) is 14.0. The summed E-state index contributed by atoms with van der Waals surface area (Å²) in [4.78, 5) is 11.8. The van der Waals surface area contributed by atoms with Crippen LogP contribution in [0.1, 0.15) is 10.4 Å². The summed E-state index contributed by atoms with van der Waals surface area (Å²) >= 11 is 4.96. The predicted octanol–water partition coefficient (Wildman–Crippen LogP) is 2.66. The standard InChI is InChI=1S/C14H11FN2O2S/c15-12-4-2-1-3-11(12)13(19)17-14(20)16-9-5-7-10(18)8-6-9/h1-8,18H,(H2,16,17,19,20). The maximum atomic E-state index is 13.4. The lowest BCUT2D eigenvalue weighted by molar-refractivity contribution is 0.0974. The van der Waals surface area contributed by atoms with E-state index in [1.807, 2.05) is 0 Å². The molecule has 0 heterocycles. The molecule has 0 aliphatic carbocycles. The van der Waals surface area contributed by atoms with Crippen molar-refractivity contribution in [2.75, 3.05) is 5.32 Å². The number of hydrogen-bond donors (Lipinski definition) is 3. The summed E-state index contributed by atoms with van der Waals surface area (Å²) in [5, 5.41) is 14.3. The lowest BCUT2D eigenvalue weighted by Crippen LogP contribution is -2.34. The van der Waals surface area contributed by atoms with Crippen LogP contribution in [0.5, 0.6) is 5.75 Å². The van der Waals surface area contributed by atoms with Crippen molar-refractivity contribution in [1.29, 1.82) is 0 Å². The minimum Gasteiger partial charge on any atom is -0.508 e. The zero-order valence-electron chi connectivity index (χ0n) is 10.3. The van der Waals surface area contributed by atoms with Crippen LogP contribution in [0.3, 0.4) is 0 Å². The van der Waals surface area contributed by atoms with Gasteiger partial charge in [0.2, 0.25) is 0 Å². The third-order valence-electron chi connectivity index (χ3n) is 2.47. The van der Waals surface area contributed by atoms with Gasteiger partial charge >= 0.3 is 0 Å². The van der Waals surface area contributed by atoms with Crippen molar-refractivity contribution in [3.05, 3.63) is 59.9 Å². The SMILES string of the molecule is O=C(NC(=S)Nc1ccc(O)cc1)c1ccccc1F. The smallest absolute Gasteiger partial charge is 0.260 e. The van der Waals surface area contributed by atoms with Gasteiger partial charge in [-0.1, -0.05) is 12.1 Å². The Balaban J connectivity index is 2.00. The highest BCUT2D eigenvalue weighted by atomic mass is 32.1. The molecule has 1 amide bonds. The Hall–Kier alpha value is -2.47. The molecule has 0 fully saturated rings. The molecule has 0 aliphatic rings. The second kappa shape index (κ2) is 6.12. The number of carbonyl (C=O) groups excluding carboxylic acids is 1. The fourth-order valence-electron chi connectivity index (χ4n) is 1.52. The van der Waals surface area contributed by atoms with E-state index in [9.17, 15) is 9.18 Å². The molecule has 0 unspecified atom stereocenters. The van der Waals surface area contributed by atoms with Gasteiger partial charge in [0.1, 0.15) is 11.6 Å². The molecule has 2 rings (SSSR count).